The van der Waals surface area contributed by atoms with Crippen molar-refractivity contribution in [2.75, 3.05) is 0 Å². The number of aliphatic carboxylic acids is 1. The third kappa shape index (κ3) is 3.16. The second-order valence-electron chi connectivity index (χ2n) is 1.71. The molecule has 0 rings (SSSR count). The van der Waals surface area contributed by atoms with Crippen molar-refractivity contribution in [1.82, 2.24) is 0 Å². The molecule has 5 heteroatoms. The first kappa shape index (κ1) is 9.06. The standard InChI is InChI=1S/C5H9NO4/c6-10-4(5(8)9)2-1-3-7/h3-4H,1-2,6H2,(H,8,9). The average molecular weight is 147 g/mol. The van der Waals surface area contributed by atoms with Crippen LogP contribution in [-0.4, -0.2) is 23.5 Å². The Balaban J connectivity index is 3.60. The quantitative estimate of drug-likeness (QED) is 0.396. The molecule has 0 aliphatic rings. The zero-order chi connectivity index (χ0) is 7.98. The number of hydrogen-bond acceptors (Lipinski definition) is 4. The van der Waals surface area contributed by atoms with E-state index in [2.05, 4.69) is 10.7 Å². The van der Waals surface area contributed by atoms with Gasteiger partial charge in [-0.25, -0.2) is 10.7 Å². The van der Waals surface area contributed by atoms with E-state index in [0.29, 0.717) is 6.29 Å². The normalized spacial score (nSPS) is 12.5. The number of carbonyl (C=O) groups is 2. The number of nitrogens with two attached hydrogens (primary N) is 1. The third-order valence-electron chi connectivity index (χ3n) is 0.986. The molecule has 3 N–H and O–H groups in total. The molecule has 0 amide bonds. The van der Waals surface area contributed by atoms with E-state index in [9.17, 15) is 9.59 Å². The number of aldehydes is 1. The monoisotopic (exact) mass is 147 g/mol. The van der Waals surface area contributed by atoms with Gasteiger partial charge in [-0.3, -0.25) is 4.84 Å². The summed E-state index contributed by atoms with van der Waals surface area (Å²) in [7, 11) is 0. The van der Waals surface area contributed by atoms with Gasteiger partial charge < -0.3 is 9.90 Å². The largest absolute Gasteiger partial charge is 0.479 e. The first-order valence-corrected chi connectivity index (χ1v) is 2.74. The minimum atomic E-state index is -1.15. The molecular weight excluding hydrogens is 138 g/mol. The maximum Gasteiger partial charge on any atom is 0.334 e. The summed E-state index contributed by atoms with van der Waals surface area (Å²) in [6.07, 6.45) is -0.177. The highest BCUT2D eigenvalue weighted by Crippen LogP contribution is 1.97. The van der Waals surface area contributed by atoms with Gasteiger partial charge in [-0.1, -0.05) is 0 Å². The van der Waals surface area contributed by atoms with Crippen LogP contribution in [0, 0.1) is 0 Å². The summed E-state index contributed by atoms with van der Waals surface area (Å²) in [6.45, 7) is 0. The highest BCUT2D eigenvalue weighted by Gasteiger charge is 2.15. The number of carbonyl (C=O) groups excluding carboxylic acids is 1. The van der Waals surface area contributed by atoms with Crippen LogP contribution in [0.5, 0.6) is 0 Å². The molecule has 0 aromatic rings. The Labute approximate surface area is 57.7 Å². The Bertz CT molecular complexity index is 125. The topological polar surface area (TPSA) is 89.6 Å². The Morgan fingerprint density at radius 3 is 2.70 bits per heavy atom. The van der Waals surface area contributed by atoms with Crippen LogP contribution < -0.4 is 5.90 Å². The predicted octanol–water partition coefficient (Wildman–Crippen LogP) is -0.691. The molecule has 1 unspecified atom stereocenters. The maximum atomic E-state index is 10.1. The van der Waals surface area contributed by atoms with Crippen LogP contribution in [0.2, 0.25) is 0 Å². The lowest BCUT2D eigenvalue weighted by atomic mass is 10.2. The van der Waals surface area contributed by atoms with Crippen molar-refractivity contribution in [2.45, 2.75) is 18.9 Å². The zero-order valence-electron chi connectivity index (χ0n) is 5.32. The molecule has 0 bridgehead atoms. The summed E-state index contributed by atoms with van der Waals surface area (Å²) < 4.78 is 0. The van der Waals surface area contributed by atoms with Gasteiger partial charge in [-0.2, -0.15) is 0 Å². The summed E-state index contributed by atoms with van der Waals surface area (Å²) in [4.78, 5) is 23.9. The van der Waals surface area contributed by atoms with Crippen molar-refractivity contribution in [3.8, 4) is 0 Å². The fourth-order valence-corrected chi connectivity index (χ4v) is 0.469. The Morgan fingerprint density at radius 1 is 1.80 bits per heavy atom. The fourth-order valence-electron chi connectivity index (χ4n) is 0.469. The van der Waals surface area contributed by atoms with Crippen LogP contribution >= 0.6 is 0 Å². The molecule has 0 saturated carbocycles. The SMILES string of the molecule is NOC(CCC=O)C(=O)O. The minimum absolute atomic E-state index is 0.120. The summed E-state index contributed by atoms with van der Waals surface area (Å²) in [5.74, 6) is 3.47. The molecule has 0 aliphatic heterocycles. The van der Waals surface area contributed by atoms with Crippen molar-refractivity contribution < 1.29 is 19.5 Å². The van der Waals surface area contributed by atoms with Crippen LogP contribution in [0.1, 0.15) is 12.8 Å². The molecule has 0 fully saturated rings. The lowest BCUT2D eigenvalue weighted by Crippen LogP contribution is -2.26. The number of carboxylic acids is 1. The maximum absolute atomic E-state index is 10.1. The van der Waals surface area contributed by atoms with Crippen molar-refractivity contribution in [3.05, 3.63) is 0 Å². The lowest BCUT2D eigenvalue weighted by molar-refractivity contribution is -0.151. The van der Waals surface area contributed by atoms with Gasteiger partial charge in [0.25, 0.3) is 0 Å². The molecule has 1 atom stereocenters. The van der Waals surface area contributed by atoms with Crippen LogP contribution in [0.25, 0.3) is 0 Å². The van der Waals surface area contributed by atoms with E-state index in [0.717, 1.165) is 0 Å². The third-order valence-corrected chi connectivity index (χ3v) is 0.986. The van der Waals surface area contributed by atoms with E-state index in [1.165, 1.54) is 0 Å². The number of hydrogen-bond donors (Lipinski definition) is 2. The molecule has 0 radical (unpaired) electrons. The van der Waals surface area contributed by atoms with Gasteiger partial charge in [-0.05, 0) is 6.42 Å². The van der Waals surface area contributed by atoms with E-state index in [1.807, 2.05) is 0 Å². The summed E-state index contributed by atoms with van der Waals surface area (Å²) >= 11 is 0. The van der Waals surface area contributed by atoms with Crippen molar-refractivity contribution >= 4 is 12.3 Å². The highest BCUT2D eigenvalue weighted by atomic mass is 16.6. The van der Waals surface area contributed by atoms with Gasteiger partial charge in [-0.15, -0.1) is 0 Å². The van der Waals surface area contributed by atoms with Crippen LogP contribution in [0.3, 0.4) is 0 Å². The van der Waals surface area contributed by atoms with Crippen molar-refractivity contribution in [3.63, 3.8) is 0 Å². The minimum Gasteiger partial charge on any atom is -0.479 e. The molecule has 10 heavy (non-hydrogen) atoms. The van der Waals surface area contributed by atoms with E-state index >= 15 is 0 Å². The first-order chi connectivity index (χ1) is 4.72. The van der Waals surface area contributed by atoms with Gasteiger partial charge >= 0.3 is 5.97 Å². The molecule has 0 aliphatic carbocycles. The second kappa shape index (κ2) is 4.89. The van der Waals surface area contributed by atoms with Crippen molar-refractivity contribution in [1.29, 1.82) is 0 Å². The molecule has 0 aromatic carbocycles. The van der Waals surface area contributed by atoms with Crippen LogP contribution in [0.15, 0.2) is 0 Å². The van der Waals surface area contributed by atoms with E-state index in [-0.39, 0.29) is 12.8 Å². The average Bonchev–Trinajstić information content (AvgIpc) is 1.89. The number of carboxylic acid groups (broad SMARTS) is 1. The van der Waals surface area contributed by atoms with E-state index < -0.39 is 12.1 Å². The van der Waals surface area contributed by atoms with Crippen molar-refractivity contribution in [2.24, 2.45) is 5.90 Å². The smallest absolute Gasteiger partial charge is 0.334 e. The van der Waals surface area contributed by atoms with Crippen LogP contribution in [0.4, 0.5) is 0 Å². The molecule has 5 nitrogen and oxygen atoms in total. The molecule has 0 spiro atoms. The van der Waals surface area contributed by atoms with Gasteiger partial charge in [0.15, 0.2) is 6.10 Å². The highest BCUT2D eigenvalue weighted by molar-refractivity contribution is 5.72. The Hall–Kier alpha value is -0.940. The molecule has 0 saturated heterocycles. The predicted molar refractivity (Wildman–Crippen MR) is 32.0 cm³/mol. The zero-order valence-corrected chi connectivity index (χ0v) is 5.32. The van der Waals surface area contributed by atoms with Gasteiger partial charge in [0.1, 0.15) is 6.29 Å². The summed E-state index contributed by atoms with van der Waals surface area (Å²) in [5, 5.41) is 8.28. The van der Waals surface area contributed by atoms with E-state index in [1.54, 1.807) is 0 Å². The van der Waals surface area contributed by atoms with Gasteiger partial charge in [0.2, 0.25) is 0 Å². The summed E-state index contributed by atoms with van der Waals surface area (Å²) in [5.41, 5.74) is 0. The summed E-state index contributed by atoms with van der Waals surface area (Å²) in [6, 6.07) is 0. The van der Waals surface area contributed by atoms with Crippen LogP contribution in [-0.2, 0) is 14.4 Å². The molecule has 0 heterocycles. The molecular formula is C5H9NO4. The Kier molecular flexibility index (Phi) is 4.43. The van der Waals surface area contributed by atoms with E-state index in [4.69, 9.17) is 5.11 Å². The Morgan fingerprint density at radius 2 is 2.40 bits per heavy atom. The fraction of sp³-hybridized carbons (Fsp3) is 0.600. The second-order valence-corrected chi connectivity index (χ2v) is 1.71. The first-order valence-electron chi connectivity index (χ1n) is 2.74. The van der Waals surface area contributed by atoms with Gasteiger partial charge in [0, 0.05) is 6.42 Å². The lowest BCUT2D eigenvalue weighted by Gasteiger charge is -2.05. The molecule has 58 valence electrons. The molecule has 0 aromatic heterocycles. The van der Waals surface area contributed by atoms with Gasteiger partial charge in [0.05, 0.1) is 0 Å². The number of rotatable bonds is 5.